The lowest BCUT2D eigenvalue weighted by molar-refractivity contribution is 0.332. The van der Waals surface area contributed by atoms with E-state index in [-0.39, 0.29) is 10.8 Å². The van der Waals surface area contributed by atoms with Crippen molar-refractivity contribution in [2.45, 2.75) is 51.4 Å². The van der Waals surface area contributed by atoms with Crippen molar-refractivity contribution in [3.63, 3.8) is 0 Å². The summed E-state index contributed by atoms with van der Waals surface area (Å²) in [5, 5.41) is 10.5. The summed E-state index contributed by atoms with van der Waals surface area (Å²) in [6.07, 6.45) is 2.36. The van der Waals surface area contributed by atoms with Crippen molar-refractivity contribution >= 4 is 85.9 Å². The summed E-state index contributed by atoms with van der Waals surface area (Å²) in [4.78, 5) is 0. The molecule has 0 saturated heterocycles. The standard InChI is InChI=1S/C54H42N2S/c1-53(2)25-26-54(3,4)45-31-47-42(30-44(45)53)41-29-43-49(55(36-15-6-5-7-16-36)46-24-22-33-13-8-9-18-38(33)52(43)46)32-48(41)56(47)37-17-12-14-34(27-37)35-21-23-40-39-19-10-11-20-50(39)57-51(40)28-35/h5-24,27-32H,25-26H2,1-4H3. The Labute approximate surface area is 336 Å². The van der Waals surface area contributed by atoms with Crippen LogP contribution in [-0.4, -0.2) is 9.13 Å². The molecule has 1 aliphatic rings. The fourth-order valence-electron chi connectivity index (χ4n) is 10.2. The highest BCUT2D eigenvalue weighted by Crippen LogP contribution is 2.50. The van der Waals surface area contributed by atoms with Gasteiger partial charge in [-0.05, 0) is 123 Å². The van der Waals surface area contributed by atoms with Crippen molar-refractivity contribution in [3.8, 4) is 22.5 Å². The summed E-state index contributed by atoms with van der Waals surface area (Å²) in [6.45, 7) is 9.78. The Balaban J connectivity index is 1.19. The highest BCUT2D eigenvalue weighted by Gasteiger charge is 2.38. The van der Waals surface area contributed by atoms with Crippen molar-refractivity contribution in [3.05, 3.63) is 169 Å². The first-order valence-corrected chi connectivity index (χ1v) is 21.1. The molecule has 3 heterocycles. The average Bonchev–Trinajstić information content (AvgIpc) is 3.88. The molecule has 0 bridgehead atoms. The van der Waals surface area contributed by atoms with Gasteiger partial charge < -0.3 is 9.13 Å². The van der Waals surface area contributed by atoms with E-state index in [1.165, 1.54) is 121 Å². The summed E-state index contributed by atoms with van der Waals surface area (Å²) >= 11 is 1.88. The van der Waals surface area contributed by atoms with Crippen molar-refractivity contribution in [1.29, 1.82) is 0 Å². The molecule has 8 aromatic carbocycles. The molecule has 0 N–H and O–H groups in total. The lowest BCUT2D eigenvalue weighted by atomic mass is 9.63. The van der Waals surface area contributed by atoms with Crippen LogP contribution in [0.5, 0.6) is 0 Å². The smallest absolute Gasteiger partial charge is 0.0562 e. The SMILES string of the molecule is CC1(C)CCC(C)(C)c2cc3c(cc21)c1cc2c4c5ccccc5ccc4n(-c4ccccc4)c2cc1n3-c1cccc(-c2ccc3c(c2)sc2ccccc23)c1. The van der Waals surface area contributed by atoms with Gasteiger partial charge in [-0.3, -0.25) is 0 Å². The number of thiophene rings is 1. The highest BCUT2D eigenvalue weighted by molar-refractivity contribution is 7.25. The van der Waals surface area contributed by atoms with Gasteiger partial charge in [0.25, 0.3) is 0 Å². The van der Waals surface area contributed by atoms with Crippen molar-refractivity contribution in [2.75, 3.05) is 0 Å². The van der Waals surface area contributed by atoms with E-state index in [1.807, 2.05) is 11.3 Å². The normalized spacial score (nSPS) is 15.2. The molecule has 0 atom stereocenters. The zero-order valence-electron chi connectivity index (χ0n) is 32.7. The number of rotatable bonds is 3. The monoisotopic (exact) mass is 750 g/mol. The van der Waals surface area contributed by atoms with Crippen LogP contribution in [0.4, 0.5) is 0 Å². The quantitative estimate of drug-likeness (QED) is 0.170. The molecule has 0 saturated carbocycles. The van der Waals surface area contributed by atoms with Crippen LogP contribution in [0, 0.1) is 0 Å². The van der Waals surface area contributed by atoms with E-state index < -0.39 is 0 Å². The zero-order valence-corrected chi connectivity index (χ0v) is 33.5. The van der Waals surface area contributed by atoms with Crippen molar-refractivity contribution < 1.29 is 0 Å². The van der Waals surface area contributed by atoms with Crippen LogP contribution in [0.2, 0.25) is 0 Å². The Morgan fingerprint density at radius 1 is 0.404 bits per heavy atom. The molecule has 0 amide bonds. The number of benzene rings is 8. The van der Waals surface area contributed by atoms with Crippen LogP contribution >= 0.6 is 11.3 Å². The Hall–Kier alpha value is -6.16. The maximum absolute atomic E-state index is 2.57. The molecule has 3 aromatic heterocycles. The van der Waals surface area contributed by atoms with Crippen LogP contribution in [0.25, 0.3) is 97.1 Å². The molecule has 0 unspecified atom stereocenters. The van der Waals surface area contributed by atoms with E-state index in [2.05, 4.69) is 195 Å². The molecule has 1 aliphatic carbocycles. The minimum atomic E-state index is 0.0888. The molecule has 0 fully saturated rings. The molecule has 0 radical (unpaired) electrons. The number of hydrogen-bond acceptors (Lipinski definition) is 1. The summed E-state index contributed by atoms with van der Waals surface area (Å²) in [5.74, 6) is 0. The zero-order chi connectivity index (χ0) is 38.2. The Kier molecular flexibility index (Phi) is 6.77. The first-order chi connectivity index (χ1) is 27.7. The molecule has 12 rings (SSSR count). The van der Waals surface area contributed by atoms with Gasteiger partial charge in [-0.15, -0.1) is 11.3 Å². The van der Waals surface area contributed by atoms with Crippen LogP contribution in [-0.2, 0) is 10.8 Å². The lowest BCUT2D eigenvalue weighted by Gasteiger charge is -2.42. The van der Waals surface area contributed by atoms with Crippen molar-refractivity contribution in [1.82, 2.24) is 9.13 Å². The van der Waals surface area contributed by atoms with Gasteiger partial charge in [-0.25, -0.2) is 0 Å². The minimum absolute atomic E-state index is 0.0888. The fraction of sp³-hybridized carbons (Fsp3) is 0.148. The third-order valence-corrected chi connectivity index (χ3v) is 14.5. The second kappa shape index (κ2) is 11.7. The van der Waals surface area contributed by atoms with Crippen LogP contribution in [0.15, 0.2) is 158 Å². The molecule has 0 spiro atoms. The fourth-order valence-corrected chi connectivity index (χ4v) is 11.4. The summed E-state index contributed by atoms with van der Waals surface area (Å²) in [5.41, 5.74) is 13.0. The molecule has 57 heavy (non-hydrogen) atoms. The predicted molar refractivity (Wildman–Crippen MR) is 246 cm³/mol. The number of para-hydroxylation sites is 1. The largest absolute Gasteiger partial charge is 0.309 e. The third-order valence-electron chi connectivity index (χ3n) is 13.3. The number of aromatic nitrogens is 2. The van der Waals surface area contributed by atoms with Gasteiger partial charge in [-0.2, -0.15) is 0 Å². The van der Waals surface area contributed by atoms with Gasteiger partial charge in [0.1, 0.15) is 0 Å². The van der Waals surface area contributed by atoms with E-state index in [0.29, 0.717) is 0 Å². The number of nitrogens with zero attached hydrogens (tertiary/aromatic N) is 2. The van der Waals surface area contributed by atoms with E-state index >= 15 is 0 Å². The average molecular weight is 751 g/mol. The van der Waals surface area contributed by atoms with E-state index in [9.17, 15) is 0 Å². The van der Waals surface area contributed by atoms with Gasteiger partial charge >= 0.3 is 0 Å². The predicted octanol–water partition coefficient (Wildman–Crippen LogP) is 15.4. The maximum atomic E-state index is 2.57. The summed E-state index contributed by atoms with van der Waals surface area (Å²) in [6, 6.07) is 59.5. The van der Waals surface area contributed by atoms with Crippen LogP contribution < -0.4 is 0 Å². The van der Waals surface area contributed by atoms with E-state index in [1.54, 1.807) is 0 Å². The second-order valence-corrected chi connectivity index (χ2v) is 18.7. The van der Waals surface area contributed by atoms with Gasteiger partial charge in [0.2, 0.25) is 0 Å². The van der Waals surface area contributed by atoms with Gasteiger partial charge in [0.05, 0.1) is 22.1 Å². The molecular weight excluding hydrogens is 709 g/mol. The van der Waals surface area contributed by atoms with E-state index in [0.717, 1.165) is 0 Å². The van der Waals surface area contributed by atoms with Gasteiger partial charge in [0.15, 0.2) is 0 Å². The van der Waals surface area contributed by atoms with Crippen LogP contribution in [0.1, 0.15) is 51.7 Å². The van der Waals surface area contributed by atoms with Crippen LogP contribution in [0.3, 0.4) is 0 Å². The highest BCUT2D eigenvalue weighted by atomic mass is 32.1. The summed E-state index contributed by atoms with van der Waals surface area (Å²) in [7, 11) is 0. The molecule has 0 aliphatic heterocycles. The molecule has 11 aromatic rings. The van der Waals surface area contributed by atoms with Gasteiger partial charge in [0, 0.05) is 53.1 Å². The Morgan fingerprint density at radius 3 is 1.88 bits per heavy atom. The Bertz CT molecular complexity index is 3460. The first-order valence-electron chi connectivity index (χ1n) is 20.3. The third kappa shape index (κ3) is 4.76. The lowest BCUT2D eigenvalue weighted by Crippen LogP contribution is -2.33. The second-order valence-electron chi connectivity index (χ2n) is 17.6. The Morgan fingerprint density at radius 2 is 1.04 bits per heavy atom. The van der Waals surface area contributed by atoms with Crippen molar-refractivity contribution in [2.24, 2.45) is 0 Å². The first kappa shape index (κ1) is 33.0. The van der Waals surface area contributed by atoms with Gasteiger partial charge in [-0.1, -0.05) is 119 Å². The minimum Gasteiger partial charge on any atom is -0.309 e. The number of hydrogen-bond donors (Lipinski definition) is 0. The molecule has 2 nitrogen and oxygen atoms in total. The molecule has 3 heteroatoms. The molecular formula is C54H42N2S. The topological polar surface area (TPSA) is 9.86 Å². The molecule has 274 valence electrons. The van der Waals surface area contributed by atoms with E-state index in [4.69, 9.17) is 0 Å². The summed E-state index contributed by atoms with van der Waals surface area (Å²) < 4.78 is 7.71. The number of fused-ring (bicyclic) bond motifs is 12. The maximum Gasteiger partial charge on any atom is 0.0562 e.